The second-order valence-electron chi connectivity index (χ2n) is 7.81. The van der Waals surface area contributed by atoms with Crippen molar-refractivity contribution in [2.75, 3.05) is 10.6 Å². The molecule has 0 bridgehead atoms. The van der Waals surface area contributed by atoms with E-state index in [2.05, 4.69) is 22.0 Å². The largest absolute Gasteiger partial charge is 0.449 e. The van der Waals surface area contributed by atoms with E-state index >= 15 is 0 Å². The Balaban J connectivity index is 1.52. The summed E-state index contributed by atoms with van der Waals surface area (Å²) in [6.07, 6.45) is 2.97. The van der Waals surface area contributed by atoms with E-state index in [-0.39, 0.29) is 5.56 Å². The van der Waals surface area contributed by atoms with Gasteiger partial charge < -0.3 is 20.7 Å². The maximum absolute atomic E-state index is 12.5. The molecule has 2 aromatic carbocycles. The van der Waals surface area contributed by atoms with Gasteiger partial charge in [0.2, 0.25) is 0 Å². The van der Waals surface area contributed by atoms with Crippen LogP contribution in [0.15, 0.2) is 54.6 Å². The second kappa shape index (κ2) is 10.4. The third-order valence-electron chi connectivity index (χ3n) is 5.35. The summed E-state index contributed by atoms with van der Waals surface area (Å²) < 4.78 is 5.27. The highest BCUT2D eigenvalue weighted by Gasteiger charge is 2.35. The van der Waals surface area contributed by atoms with Gasteiger partial charge in [0.1, 0.15) is 5.54 Å². The van der Waals surface area contributed by atoms with E-state index in [9.17, 15) is 19.6 Å². The Morgan fingerprint density at radius 2 is 1.53 bits per heavy atom. The predicted octanol–water partition coefficient (Wildman–Crippen LogP) is 4.22. The monoisotopic (exact) mass is 434 g/mol. The molecule has 0 aliphatic heterocycles. The Morgan fingerprint density at radius 1 is 0.938 bits per heavy atom. The third-order valence-corrected chi connectivity index (χ3v) is 5.35. The zero-order valence-electron chi connectivity index (χ0n) is 17.9. The summed E-state index contributed by atoms with van der Waals surface area (Å²) >= 11 is 0. The first-order valence-electron chi connectivity index (χ1n) is 10.6. The van der Waals surface area contributed by atoms with Crippen LogP contribution < -0.4 is 16.0 Å². The van der Waals surface area contributed by atoms with Crippen molar-refractivity contribution in [3.8, 4) is 6.07 Å². The molecule has 0 aromatic heterocycles. The Labute approximate surface area is 187 Å². The number of benzene rings is 2. The summed E-state index contributed by atoms with van der Waals surface area (Å²) in [7, 11) is 0. The molecule has 3 N–H and O–H groups in total. The molecule has 1 fully saturated rings. The van der Waals surface area contributed by atoms with Crippen molar-refractivity contribution in [2.24, 2.45) is 0 Å². The molecular formula is C24H26N4O4. The molecule has 3 amide bonds. The number of esters is 1. The molecule has 166 valence electrons. The van der Waals surface area contributed by atoms with Crippen molar-refractivity contribution in [3.63, 3.8) is 0 Å². The maximum Gasteiger partial charge on any atom is 0.338 e. The van der Waals surface area contributed by atoms with E-state index in [0.717, 1.165) is 19.3 Å². The average Bonchev–Trinajstić information content (AvgIpc) is 2.80. The smallest absolute Gasteiger partial charge is 0.338 e. The second-order valence-corrected chi connectivity index (χ2v) is 7.81. The van der Waals surface area contributed by atoms with Crippen molar-refractivity contribution >= 4 is 29.3 Å². The van der Waals surface area contributed by atoms with Gasteiger partial charge in [0.15, 0.2) is 6.10 Å². The van der Waals surface area contributed by atoms with Gasteiger partial charge in [0, 0.05) is 11.4 Å². The normalized spacial score (nSPS) is 15.5. The highest BCUT2D eigenvalue weighted by atomic mass is 16.5. The Kier molecular flexibility index (Phi) is 7.45. The van der Waals surface area contributed by atoms with Crippen LogP contribution in [0, 0.1) is 11.3 Å². The lowest BCUT2D eigenvalue weighted by atomic mass is 9.83. The summed E-state index contributed by atoms with van der Waals surface area (Å²) in [6.45, 7) is 1.48. The van der Waals surface area contributed by atoms with Gasteiger partial charge in [-0.3, -0.25) is 4.79 Å². The number of hydrogen-bond donors (Lipinski definition) is 3. The van der Waals surface area contributed by atoms with Crippen LogP contribution >= 0.6 is 0 Å². The van der Waals surface area contributed by atoms with E-state index in [0.29, 0.717) is 24.2 Å². The predicted molar refractivity (Wildman–Crippen MR) is 120 cm³/mol. The Morgan fingerprint density at radius 3 is 2.12 bits per heavy atom. The highest BCUT2D eigenvalue weighted by molar-refractivity contribution is 6.00. The standard InChI is InChI=1S/C24H26N4O4/c1-17(21(29)28-24(16-25)14-6-3-7-15-24)32-22(30)18-10-12-20(13-11-18)27-23(31)26-19-8-4-2-5-9-19/h2,4-5,8-13,17H,3,6-7,14-15H2,1H3,(H,28,29)(H2,26,27,31). The van der Waals surface area contributed by atoms with Crippen molar-refractivity contribution in [1.29, 1.82) is 5.26 Å². The molecular weight excluding hydrogens is 408 g/mol. The number of carbonyl (C=O) groups is 3. The lowest BCUT2D eigenvalue weighted by molar-refractivity contribution is -0.130. The van der Waals surface area contributed by atoms with Crippen molar-refractivity contribution in [2.45, 2.75) is 50.7 Å². The van der Waals surface area contributed by atoms with Crippen LogP contribution in [0.25, 0.3) is 0 Å². The first kappa shape index (κ1) is 22.8. The molecule has 0 radical (unpaired) electrons. The zero-order chi connectivity index (χ0) is 23.0. The maximum atomic E-state index is 12.5. The highest BCUT2D eigenvalue weighted by Crippen LogP contribution is 2.27. The summed E-state index contributed by atoms with van der Waals surface area (Å²) in [5, 5.41) is 17.6. The van der Waals surface area contributed by atoms with Gasteiger partial charge in [-0.1, -0.05) is 37.5 Å². The number of ether oxygens (including phenoxy) is 1. The number of rotatable bonds is 6. The number of nitrogens with zero attached hydrogens (tertiary/aromatic N) is 1. The molecule has 0 heterocycles. The van der Waals surface area contributed by atoms with Crippen LogP contribution in [-0.4, -0.2) is 29.6 Å². The van der Waals surface area contributed by atoms with E-state index in [1.165, 1.54) is 19.1 Å². The number of nitrogens with one attached hydrogen (secondary N) is 3. The number of amides is 3. The number of nitriles is 1. The molecule has 0 saturated heterocycles. The molecule has 3 rings (SSSR count). The van der Waals surface area contributed by atoms with Gasteiger partial charge in [-0.25, -0.2) is 9.59 Å². The quantitative estimate of drug-likeness (QED) is 0.588. The number of para-hydroxylation sites is 1. The average molecular weight is 434 g/mol. The lowest BCUT2D eigenvalue weighted by Crippen LogP contribution is -2.52. The van der Waals surface area contributed by atoms with Crippen LogP contribution in [0.1, 0.15) is 49.4 Å². The first-order chi connectivity index (χ1) is 15.4. The molecule has 2 aromatic rings. The number of hydrogen-bond acceptors (Lipinski definition) is 5. The fraction of sp³-hybridized carbons (Fsp3) is 0.333. The van der Waals surface area contributed by atoms with Gasteiger partial charge >= 0.3 is 12.0 Å². The van der Waals surface area contributed by atoms with Crippen LogP contribution in [-0.2, 0) is 9.53 Å². The van der Waals surface area contributed by atoms with E-state index in [4.69, 9.17) is 4.74 Å². The van der Waals surface area contributed by atoms with E-state index in [1.807, 2.05) is 18.2 Å². The third kappa shape index (κ3) is 6.08. The van der Waals surface area contributed by atoms with Crippen molar-refractivity contribution < 1.29 is 19.1 Å². The van der Waals surface area contributed by atoms with E-state index in [1.54, 1.807) is 24.3 Å². The van der Waals surface area contributed by atoms with Crippen LogP contribution in [0.5, 0.6) is 0 Å². The molecule has 1 aliphatic carbocycles. The van der Waals surface area contributed by atoms with Gasteiger partial charge in [-0.2, -0.15) is 5.26 Å². The molecule has 1 aliphatic rings. The van der Waals surface area contributed by atoms with Crippen molar-refractivity contribution in [1.82, 2.24) is 5.32 Å². The Bertz CT molecular complexity index is 993. The molecule has 1 unspecified atom stereocenters. The van der Waals surface area contributed by atoms with Gasteiger partial charge in [0.25, 0.3) is 5.91 Å². The molecule has 1 atom stereocenters. The lowest BCUT2D eigenvalue weighted by Gasteiger charge is -2.32. The first-order valence-corrected chi connectivity index (χ1v) is 10.6. The van der Waals surface area contributed by atoms with Crippen LogP contribution in [0.2, 0.25) is 0 Å². The molecule has 8 nitrogen and oxygen atoms in total. The molecule has 1 saturated carbocycles. The van der Waals surface area contributed by atoms with Gasteiger partial charge in [0.05, 0.1) is 11.6 Å². The topological polar surface area (TPSA) is 120 Å². The van der Waals surface area contributed by atoms with Crippen LogP contribution in [0.3, 0.4) is 0 Å². The summed E-state index contributed by atoms with van der Waals surface area (Å²) in [5.41, 5.74) is 0.508. The summed E-state index contributed by atoms with van der Waals surface area (Å²) in [5.74, 6) is -1.15. The van der Waals surface area contributed by atoms with Crippen LogP contribution in [0.4, 0.5) is 16.2 Å². The minimum atomic E-state index is -1.04. The molecule has 8 heteroatoms. The van der Waals surface area contributed by atoms with E-state index < -0.39 is 29.6 Å². The van der Waals surface area contributed by atoms with Gasteiger partial charge in [-0.05, 0) is 56.2 Å². The fourth-order valence-electron chi connectivity index (χ4n) is 3.54. The van der Waals surface area contributed by atoms with Crippen molar-refractivity contribution in [3.05, 3.63) is 60.2 Å². The number of anilines is 2. The molecule has 0 spiro atoms. The molecule has 32 heavy (non-hydrogen) atoms. The Hall–Kier alpha value is -3.86. The summed E-state index contributed by atoms with van der Waals surface area (Å²) in [4.78, 5) is 36.9. The zero-order valence-corrected chi connectivity index (χ0v) is 17.9. The minimum absolute atomic E-state index is 0.242. The van der Waals surface area contributed by atoms with Gasteiger partial charge in [-0.15, -0.1) is 0 Å². The fourth-order valence-corrected chi connectivity index (χ4v) is 3.54. The SMILES string of the molecule is CC(OC(=O)c1ccc(NC(=O)Nc2ccccc2)cc1)C(=O)NC1(C#N)CCCCC1. The number of carbonyl (C=O) groups excluding carboxylic acids is 3. The minimum Gasteiger partial charge on any atom is -0.449 e. The number of urea groups is 1. The summed E-state index contributed by atoms with van der Waals surface area (Å²) in [6, 6.07) is 17.0.